The smallest absolute Gasteiger partial charge is 0.0610 e. The molecule has 0 bridgehead atoms. The molecule has 0 aromatic heterocycles. The lowest BCUT2D eigenvalue weighted by atomic mass is 10.4. The molecular formula is C6H14ClNS. The molecule has 0 amide bonds. The van der Waals surface area contributed by atoms with Gasteiger partial charge in [0.15, 0.2) is 0 Å². The molecule has 0 unspecified atom stereocenters. The summed E-state index contributed by atoms with van der Waals surface area (Å²) in [6, 6.07) is 0. The molecule has 3 heteroatoms. The molecule has 9 heavy (non-hydrogen) atoms. The van der Waals surface area contributed by atoms with Crippen LogP contribution in [-0.2, 0) is 0 Å². The van der Waals surface area contributed by atoms with Gasteiger partial charge in [0.25, 0.3) is 0 Å². The summed E-state index contributed by atoms with van der Waals surface area (Å²) >= 11 is 1.64. The van der Waals surface area contributed by atoms with Crippen LogP contribution in [0.4, 0.5) is 0 Å². The number of hydrogen-bond acceptors (Lipinski definition) is 2. The van der Waals surface area contributed by atoms with E-state index < -0.39 is 0 Å². The zero-order valence-electron chi connectivity index (χ0n) is 5.94. The fourth-order valence-corrected chi connectivity index (χ4v) is 1.11. The molecule has 1 N–H and O–H groups in total. The first kappa shape index (κ1) is 12.0. The lowest BCUT2D eigenvalue weighted by molar-refractivity contribution is 0.898. The van der Waals surface area contributed by atoms with Crippen LogP contribution in [0.15, 0.2) is 0 Å². The van der Waals surface area contributed by atoms with E-state index in [0.29, 0.717) is 0 Å². The van der Waals surface area contributed by atoms with E-state index in [2.05, 4.69) is 6.92 Å². The van der Waals surface area contributed by atoms with Crippen LogP contribution < -0.4 is 0 Å². The Morgan fingerprint density at radius 3 is 2.44 bits per heavy atom. The van der Waals surface area contributed by atoms with Gasteiger partial charge in [-0.05, 0) is 19.1 Å². The Labute approximate surface area is 67.5 Å². The maximum absolute atomic E-state index is 7.04. The first-order chi connectivity index (χ1) is 3.77. The Morgan fingerprint density at radius 1 is 1.56 bits per heavy atom. The molecule has 0 aliphatic rings. The normalized spacial score (nSPS) is 8.22. The highest BCUT2D eigenvalue weighted by molar-refractivity contribution is 8.13. The largest absolute Gasteiger partial charge is 0.299 e. The van der Waals surface area contributed by atoms with Gasteiger partial charge in [0.1, 0.15) is 0 Å². The van der Waals surface area contributed by atoms with Gasteiger partial charge in [-0.25, -0.2) is 0 Å². The van der Waals surface area contributed by atoms with Crippen molar-refractivity contribution in [1.82, 2.24) is 0 Å². The third-order valence-electron chi connectivity index (χ3n) is 0.816. The van der Waals surface area contributed by atoms with Crippen molar-refractivity contribution in [3.63, 3.8) is 0 Å². The summed E-state index contributed by atoms with van der Waals surface area (Å²) in [7, 11) is 0. The zero-order chi connectivity index (χ0) is 6.41. The summed E-state index contributed by atoms with van der Waals surface area (Å²) in [4.78, 5) is 0. The number of thioether (sulfide) groups is 1. The fraction of sp³-hybridized carbons (Fsp3) is 0.833. The number of nitrogens with one attached hydrogen (secondary N) is 1. The lowest BCUT2D eigenvalue weighted by Crippen LogP contribution is -1.82. The molecule has 0 fully saturated rings. The van der Waals surface area contributed by atoms with E-state index in [4.69, 9.17) is 5.41 Å². The summed E-state index contributed by atoms with van der Waals surface area (Å²) < 4.78 is 0. The summed E-state index contributed by atoms with van der Waals surface area (Å²) in [5.74, 6) is 1.12. The van der Waals surface area contributed by atoms with E-state index in [1.165, 1.54) is 12.8 Å². The molecule has 0 aromatic rings. The molecular weight excluding hydrogens is 154 g/mol. The van der Waals surface area contributed by atoms with Crippen LogP contribution in [0.1, 0.15) is 26.7 Å². The first-order valence-electron chi connectivity index (χ1n) is 2.95. The van der Waals surface area contributed by atoms with Crippen molar-refractivity contribution in [2.75, 3.05) is 5.75 Å². The Morgan fingerprint density at radius 2 is 2.11 bits per heavy atom. The highest BCUT2D eigenvalue weighted by Gasteiger charge is 1.86. The standard InChI is InChI=1S/C6H13NS.ClH/c1-3-4-5-8-6(2)7;/h7H,3-5H2,1-2H3;1H. The van der Waals surface area contributed by atoms with Crippen LogP contribution in [0.2, 0.25) is 0 Å². The SMILES string of the molecule is CCCCSC(C)=N.Cl. The van der Waals surface area contributed by atoms with Crippen molar-refractivity contribution in [1.29, 1.82) is 5.41 Å². The number of hydrogen-bond donors (Lipinski definition) is 1. The van der Waals surface area contributed by atoms with Gasteiger partial charge in [-0.2, -0.15) is 0 Å². The Bertz CT molecular complexity index is 75.5. The summed E-state index contributed by atoms with van der Waals surface area (Å²) in [6.45, 7) is 4.00. The Balaban J connectivity index is 0. The zero-order valence-corrected chi connectivity index (χ0v) is 7.57. The summed E-state index contributed by atoms with van der Waals surface area (Å²) in [5.41, 5.74) is 0. The average Bonchev–Trinajstić information content (AvgIpc) is 1.66. The van der Waals surface area contributed by atoms with Crippen molar-refractivity contribution in [3.05, 3.63) is 0 Å². The van der Waals surface area contributed by atoms with Crippen molar-refractivity contribution < 1.29 is 0 Å². The second-order valence-corrected chi connectivity index (χ2v) is 3.07. The minimum absolute atomic E-state index is 0. The van der Waals surface area contributed by atoms with Crippen LogP contribution >= 0.6 is 24.2 Å². The van der Waals surface area contributed by atoms with Crippen LogP contribution in [0, 0.1) is 5.41 Å². The fourth-order valence-electron chi connectivity index (χ4n) is 0.370. The van der Waals surface area contributed by atoms with Crippen LogP contribution in [0.5, 0.6) is 0 Å². The van der Waals surface area contributed by atoms with Gasteiger partial charge in [-0.15, -0.1) is 24.2 Å². The quantitative estimate of drug-likeness (QED) is 0.390. The third-order valence-corrected chi connectivity index (χ3v) is 1.74. The summed E-state index contributed by atoms with van der Waals surface area (Å²) in [5, 5.41) is 7.77. The van der Waals surface area contributed by atoms with E-state index in [1.807, 2.05) is 6.92 Å². The first-order valence-corrected chi connectivity index (χ1v) is 3.94. The van der Waals surface area contributed by atoms with E-state index in [9.17, 15) is 0 Å². The Hall–Kier alpha value is 0.310. The molecule has 0 atom stereocenters. The van der Waals surface area contributed by atoms with E-state index in [0.717, 1.165) is 10.8 Å². The molecule has 0 saturated heterocycles. The number of unbranched alkanes of at least 4 members (excludes halogenated alkanes) is 1. The highest BCUT2D eigenvalue weighted by atomic mass is 35.5. The minimum Gasteiger partial charge on any atom is -0.299 e. The van der Waals surface area contributed by atoms with E-state index in [-0.39, 0.29) is 12.4 Å². The van der Waals surface area contributed by atoms with Gasteiger partial charge < -0.3 is 0 Å². The molecule has 0 aliphatic heterocycles. The van der Waals surface area contributed by atoms with E-state index >= 15 is 0 Å². The van der Waals surface area contributed by atoms with Gasteiger partial charge in [-0.1, -0.05) is 13.3 Å². The van der Waals surface area contributed by atoms with Crippen molar-refractivity contribution in [2.24, 2.45) is 0 Å². The maximum Gasteiger partial charge on any atom is 0.0610 e. The lowest BCUT2D eigenvalue weighted by Gasteiger charge is -1.93. The Kier molecular flexibility index (Phi) is 11.1. The second-order valence-electron chi connectivity index (χ2n) is 1.76. The molecule has 0 rings (SSSR count). The van der Waals surface area contributed by atoms with Crippen LogP contribution in [0.25, 0.3) is 0 Å². The predicted octanol–water partition coefficient (Wildman–Crippen LogP) is 2.94. The van der Waals surface area contributed by atoms with Crippen molar-refractivity contribution >= 4 is 29.2 Å². The van der Waals surface area contributed by atoms with Gasteiger partial charge in [0.2, 0.25) is 0 Å². The summed E-state index contributed by atoms with van der Waals surface area (Å²) in [6.07, 6.45) is 2.47. The topological polar surface area (TPSA) is 23.9 Å². The molecule has 0 saturated carbocycles. The average molecular weight is 168 g/mol. The maximum atomic E-state index is 7.04. The van der Waals surface area contributed by atoms with Crippen LogP contribution in [-0.4, -0.2) is 10.8 Å². The predicted molar refractivity (Wildman–Crippen MR) is 48.0 cm³/mol. The molecule has 0 heterocycles. The monoisotopic (exact) mass is 167 g/mol. The molecule has 56 valence electrons. The van der Waals surface area contributed by atoms with Crippen molar-refractivity contribution in [2.45, 2.75) is 26.7 Å². The number of rotatable bonds is 3. The number of halogens is 1. The second kappa shape index (κ2) is 8.31. The third kappa shape index (κ3) is 11.7. The van der Waals surface area contributed by atoms with Gasteiger partial charge in [-0.3, -0.25) is 5.41 Å². The molecule has 0 spiro atoms. The minimum atomic E-state index is 0. The molecule has 0 aliphatic carbocycles. The highest BCUT2D eigenvalue weighted by Crippen LogP contribution is 2.04. The van der Waals surface area contributed by atoms with Crippen molar-refractivity contribution in [3.8, 4) is 0 Å². The van der Waals surface area contributed by atoms with Gasteiger partial charge >= 0.3 is 0 Å². The van der Waals surface area contributed by atoms with E-state index in [1.54, 1.807) is 11.8 Å². The van der Waals surface area contributed by atoms with Crippen LogP contribution in [0.3, 0.4) is 0 Å². The molecule has 0 radical (unpaired) electrons. The molecule has 1 nitrogen and oxygen atoms in total. The molecule has 0 aromatic carbocycles. The van der Waals surface area contributed by atoms with Gasteiger partial charge in [0.05, 0.1) is 5.04 Å². The van der Waals surface area contributed by atoms with Gasteiger partial charge in [0, 0.05) is 0 Å².